The summed E-state index contributed by atoms with van der Waals surface area (Å²) in [4.78, 5) is 0. The van der Waals surface area contributed by atoms with Gasteiger partial charge in [0.1, 0.15) is 0 Å². The maximum Gasteiger partial charge on any atom is 0.389 e. The second-order valence-corrected chi connectivity index (χ2v) is 5.67. The first-order chi connectivity index (χ1) is 8.72. The topological polar surface area (TPSA) is 70.0 Å². The Kier molecular flexibility index (Phi) is 4.78. The molecule has 1 aromatic rings. The second-order valence-electron chi connectivity index (χ2n) is 3.83. The molecule has 0 saturated carbocycles. The number of benzene rings is 1. The van der Waals surface area contributed by atoms with Crippen LogP contribution >= 0.6 is 0 Å². The monoisotopic (exact) mass is 292 g/mol. The summed E-state index contributed by atoms with van der Waals surface area (Å²) in [6.07, 6.45) is -6.01. The lowest BCUT2D eigenvalue weighted by molar-refractivity contribution is -0.134. The number of nitrogens with zero attached hydrogens (tertiary/aromatic N) is 1. The normalized spacial score (nSPS) is 11.9. The summed E-state index contributed by atoms with van der Waals surface area (Å²) in [5, 5.41) is 8.64. The molecule has 0 bridgehead atoms. The Balaban J connectivity index is 2.62. The second kappa shape index (κ2) is 5.93. The van der Waals surface area contributed by atoms with Crippen molar-refractivity contribution in [3.63, 3.8) is 0 Å². The fourth-order valence-corrected chi connectivity index (χ4v) is 2.46. The van der Waals surface area contributed by atoms with E-state index < -0.39 is 34.8 Å². The molecule has 1 N–H and O–H groups in total. The SMILES string of the molecule is N#Cc1cccc(NS(=O)(=O)CCCC(F)(F)F)c1. The molecule has 19 heavy (non-hydrogen) atoms. The largest absolute Gasteiger partial charge is 0.389 e. The minimum absolute atomic E-state index is 0.158. The molecule has 0 aromatic heterocycles. The predicted octanol–water partition coefficient (Wildman–Crippen LogP) is 2.64. The minimum Gasteiger partial charge on any atom is -0.284 e. The molecule has 0 fully saturated rings. The van der Waals surface area contributed by atoms with Crippen LogP contribution in [-0.2, 0) is 10.0 Å². The van der Waals surface area contributed by atoms with Crippen LogP contribution in [0.25, 0.3) is 0 Å². The Morgan fingerprint density at radius 1 is 1.32 bits per heavy atom. The van der Waals surface area contributed by atoms with E-state index in [1.165, 1.54) is 24.3 Å². The van der Waals surface area contributed by atoms with Gasteiger partial charge in [0.25, 0.3) is 0 Å². The summed E-state index contributed by atoms with van der Waals surface area (Å²) in [7, 11) is -3.84. The van der Waals surface area contributed by atoms with E-state index >= 15 is 0 Å². The molecule has 4 nitrogen and oxygen atoms in total. The molecule has 0 heterocycles. The van der Waals surface area contributed by atoms with Crippen LogP contribution in [0, 0.1) is 11.3 Å². The number of nitriles is 1. The van der Waals surface area contributed by atoms with Gasteiger partial charge in [-0.2, -0.15) is 18.4 Å². The van der Waals surface area contributed by atoms with Crippen molar-refractivity contribution in [3.05, 3.63) is 29.8 Å². The van der Waals surface area contributed by atoms with Gasteiger partial charge in [-0.15, -0.1) is 0 Å². The third-order valence-electron chi connectivity index (χ3n) is 2.14. The molecule has 0 radical (unpaired) electrons. The molecular formula is C11H11F3N2O2S. The fourth-order valence-electron chi connectivity index (χ4n) is 1.35. The molecule has 0 aliphatic carbocycles. The summed E-state index contributed by atoms with van der Waals surface area (Å²) in [6, 6.07) is 7.52. The van der Waals surface area contributed by atoms with E-state index in [0.717, 1.165) is 0 Å². The zero-order valence-electron chi connectivity index (χ0n) is 9.74. The lowest BCUT2D eigenvalue weighted by Gasteiger charge is -2.09. The van der Waals surface area contributed by atoms with Crippen LogP contribution in [0.1, 0.15) is 18.4 Å². The smallest absolute Gasteiger partial charge is 0.284 e. The van der Waals surface area contributed by atoms with E-state index in [9.17, 15) is 21.6 Å². The van der Waals surface area contributed by atoms with Gasteiger partial charge < -0.3 is 0 Å². The van der Waals surface area contributed by atoms with E-state index in [-0.39, 0.29) is 11.3 Å². The van der Waals surface area contributed by atoms with Crippen LogP contribution in [-0.4, -0.2) is 20.3 Å². The zero-order chi connectivity index (χ0) is 14.5. The van der Waals surface area contributed by atoms with E-state index in [1.807, 2.05) is 6.07 Å². The Hall–Kier alpha value is -1.75. The zero-order valence-corrected chi connectivity index (χ0v) is 10.6. The van der Waals surface area contributed by atoms with Gasteiger partial charge in [0, 0.05) is 12.1 Å². The van der Waals surface area contributed by atoms with E-state index in [2.05, 4.69) is 4.72 Å². The van der Waals surface area contributed by atoms with Crippen LogP contribution in [0.5, 0.6) is 0 Å². The maximum absolute atomic E-state index is 11.9. The third kappa shape index (κ3) is 6.10. The molecule has 8 heteroatoms. The highest BCUT2D eigenvalue weighted by Crippen LogP contribution is 2.22. The molecule has 0 unspecified atom stereocenters. The molecular weight excluding hydrogens is 281 g/mol. The average molecular weight is 292 g/mol. The number of hydrogen-bond donors (Lipinski definition) is 1. The number of rotatable bonds is 5. The highest BCUT2D eigenvalue weighted by atomic mass is 32.2. The number of hydrogen-bond acceptors (Lipinski definition) is 3. The van der Waals surface area contributed by atoms with Gasteiger partial charge in [-0.05, 0) is 24.6 Å². The van der Waals surface area contributed by atoms with Crippen molar-refractivity contribution in [3.8, 4) is 6.07 Å². The minimum atomic E-state index is -4.36. The van der Waals surface area contributed by atoms with Gasteiger partial charge in [0.2, 0.25) is 10.0 Å². The molecule has 0 aliphatic rings. The van der Waals surface area contributed by atoms with Gasteiger partial charge in [-0.25, -0.2) is 8.42 Å². The fraction of sp³-hybridized carbons (Fsp3) is 0.364. The molecule has 0 spiro atoms. The summed E-state index contributed by atoms with van der Waals surface area (Å²) < 4.78 is 60.9. The number of sulfonamides is 1. The Morgan fingerprint density at radius 2 is 2.00 bits per heavy atom. The standard InChI is InChI=1S/C11H11F3N2O2S/c12-11(13,14)5-2-6-19(17,18)16-10-4-1-3-9(7-10)8-15/h1,3-4,7,16H,2,5-6H2. The van der Waals surface area contributed by atoms with Crippen molar-refractivity contribution >= 4 is 15.7 Å². The Labute approximate surface area is 108 Å². The number of nitrogens with one attached hydrogen (secondary N) is 1. The lowest BCUT2D eigenvalue weighted by atomic mass is 10.2. The van der Waals surface area contributed by atoms with Gasteiger partial charge in [0.15, 0.2) is 0 Å². The van der Waals surface area contributed by atoms with Crippen LogP contribution in [0.2, 0.25) is 0 Å². The highest BCUT2D eigenvalue weighted by Gasteiger charge is 2.27. The van der Waals surface area contributed by atoms with Gasteiger partial charge in [0.05, 0.1) is 17.4 Å². The summed E-state index contributed by atoms with van der Waals surface area (Å²) in [5.74, 6) is -0.622. The van der Waals surface area contributed by atoms with Crippen LogP contribution in [0.15, 0.2) is 24.3 Å². The van der Waals surface area contributed by atoms with Gasteiger partial charge >= 0.3 is 6.18 Å². The van der Waals surface area contributed by atoms with Crippen molar-refractivity contribution in [2.24, 2.45) is 0 Å². The van der Waals surface area contributed by atoms with E-state index in [0.29, 0.717) is 0 Å². The van der Waals surface area contributed by atoms with Crippen LogP contribution in [0.4, 0.5) is 18.9 Å². The quantitative estimate of drug-likeness (QED) is 0.907. The Bertz CT molecular complexity index is 576. The van der Waals surface area contributed by atoms with Crippen LogP contribution in [0.3, 0.4) is 0 Å². The number of halogens is 3. The van der Waals surface area contributed by atoms with Gasteiger partial charge in [-0.1, -0.05) is 6.07 Å². The summed E-state index contributed by atoms with van der Waals surface area (Å²) in [5.41, 5.74) is 0.418. The molecule has 0 atom stereocenters. The first kappa shape index (κ1) is 15.3. The first-order valence-corrected chi connectivity index (χ1v) is 6.94. The van der Waals surface area contributed by atoms with Crippen molar-refractivity contribution in [2.75, 3.05) is 10.5 Å². The van der Waals surface area contributed by atoms with Crippen molar-refractivity contribution in [1.29, 1.82) is 5.26 Å². The summed E-state index contributed by atoms with van der Waals surface area (Å²) >= 11 is 0. The van der Waals surface area contributed by atoms with Gasteiger partial charge in [-0.3, -0.25) is 4.72 Å². The van der Waals surface area contributed by atoms with Crippen molar-refractivity contribution in [2.45, 2.75) is 19.0 Å². The van der Waals surface area contributed by atoms with E-state index in [4.69, 9.17) is 5.26 Å². The molecule has 1 aromatic carbocycles. The first-order valence-electron chi connectivity index (χ1n) is 5.29. The third-order valence-corrected chi connectivity index (χ3v) is 3.51. The van der Waals surface area contributed by atoms with Crippen molar-refractivity contribution in [1.82, 2.24) is 0 Å². The molecule has 1 rings (SSSR count). The number of alkyl halides is 3. The lowest BCUT2D eigenvalue weighted by Crippen LogP contribution is -2.18. The maximum atomic E-state index is 11.9. The highest BCUT2D eigenvalue weighted by molar-refractivity contribution is 7.92. The van der Waals surface area contributed by atoms with Crippen molar-refractivity contribution < 1.29 is 21.6 Å². The Morgan fingerprint density at radius 3 is 2.58 bits per heavy atom. The predicted molar refractivity (Wildman–Crippen MR) is 63.9 cm³/mol. The molecule has 0 saturated heterocycles. The molecule has 0 amide bonds. The molecule has 104 valence electrons. The van der Waals surface area contributed by atoms with E-state index in [1.54, 1.807) is 0 Å². The summed E-state index contributed by atoms with van der Waals surface area (Å²) in [6.45, 7) is 0. The average Bonchev–Trinajstić information content (AvgIpc) is 2.26. The number of anilines is 1. The van der Waals surface area contributed by atoms with Crippen LogP contribution < -0.4 is 4.72 Å². The molecule has 0 aliphatic heterocycles.